The van der Waals surface area contributed by atoms with E-state index in [0.29, 0.717) is 11.4 Å². The van der Waals surface area contributed by atoms with Crippen molar-refractivity contribution in [2.24, 2.45) is 0 Å². The Labute approximate surface area is 184 Å². The van der Waals surface area contributed by atoms with Crippen molar-refractivity contribution in [3.05, 3.63) is 99.1 Å². The predicted octanol–water partition coefficient (Wildman–Crippen LogP) is 5.94. The number of nitrogens with zero attached hydrogens (tertiary/aromatic N) is 2. The Morgan fingerprint density at radius 2 is 1.97 bits per heavy atom. The van der Waals surface area contributed by atoms with Crippen LogP contribution in [0.1, 0.15) is 21.7 Å². The van der Waals surface area contributed by atoms with Gasteiger partial charge in [-0.3, -0.25) is 9.78 Å². The second-order valence-corrected chi connectivity index (χ2v) is 8.35. The van der Waals surface area contributed by atoms with E-state index in [9.17, 15) is 4.79 Å². The number of pyridine rings is 1. The molecule has 6 heteroatoms. The third-order valence-electron chi connectivity index (χ3n) is 4.79. The molecule has 0 atom stereocenters. The summed E-state index contributed by atoms with van der Waals surface area (Å²) < 4.78 is 0. The van der Waals surface area contributed by atoms with E-state index in [0.717, 1.165) is 38.6 Å². The van der Waals surface area contributed by atoms with Crippen LogP contribution in [0.3, 0.4) is 0 Å². The lowest BCUT2D eigenvalue weighted by molar-refractivity contribution is -0.115. The maximum Gasteiger partial charge on any atom is 0.228 e. The predicted molar refractivity (Wildman–Crippen MR) is 123 cm³/mol. The minimum Gasteiger partial charge on any atom is -0.326 e. The largest absolute Gasteiger partial charge is 0.326 e. The van der Waals surface area contributed by atoms with Crippen LogP contribution in [0.4, 0.5) is 5.69 Å². The number of aromatic nitrogens is 2. The minimum absolute atomic E-state index is 0.0917. The number of rotatable bonds is 6. The zero-order valence-corrected chi connectivity index (χ0v) is 18.0. The smallest absolute Gasteiger partial charge is 0.228 e. The third-order valence-corrected chi connectivity index (χ3v) is 6.01. The Morgan fingerprint density at radius 1 is 1.10 bits per heavy atom. The van der Waals surface area contributed by atoms with Gasteiger partial charge in [-0.15, -0.1) is 11.3 Å². The highest BCUT2D eigenvalue weighted by Crippen LogP contribution is 2.25. The Bertz CT molecular complexity index is 1170. The molecule has 2 heterocycles. The van der Waals surface area contributed by atoms with Crippen LogP contribution in [0.2, 0.25) is 5.02 Å². The SMILES string of the molecule is Cc1ccc(NC(=O)Cc2ccccc2Cl)cc1Cc1nc(-c2cccnc2)cs1. The summed E-state index contributed by atoms with van der Waals surface area (Å²) in [4.78, 5) is 21.4. The lowest BCUT2D eigenvalue weighted by atomic mass is 10.0. The Morgan fingerprint density at radius 3 is 2.77 bits per heavy atom. The first-order valence-corrected chi connectivity index (χ1v) is 10.8. The number of carbonyl (C=O) groups excluding carboxylic acids is 1. The van der Waals surface area contributed by atoms with Crippen LogP contribution in [-0.4, -0.2) is 15.9 Å². The van der Waals surface area contributed by atoms with Gasteiger partial charge >= 0.3 is 0 Å². The van der Waals surface area contributed by atoms with Crippen LogP contribution in [0.25, 0.3) is 11.3 Å². The number of halogens is 1. The molecule has 0 spiro atoms. The molecule has 0 fully saturated rings. The molecule has 0 bridgehead atoms. The highest BCUT2D eigenvalue weighted by Gasteiger charge is 2.11. The summed E-state index contributed by atoms with van der Waals surface area (Å²) in [6.07, 6.45) is 4.53. The fourth-order valence-electron chi connectivity index (χ4n) is 3.16. The summed E-state index contributed by atoms with van der Waals surface area (Å²) in [5.41, 5.74) is 5.84. The minimum atomic E-state index is -0.0917. The zero-order chi connectivity index (χ0) is 20.9. The number of hydrogen-bond donors (Lipinski definition) is 1. The molecule has 0 saturated carbocycles. The lowest BCUT2D eigenvalue weighted by Crippen LogP contribution is -2.15. The number of benzene rings is 2. The van der Waals surface area contributed by atoms with Gasteiger partial charge < -0.3 is 5.32 Å². The summed E-state index contributed by atoms with van der Waals surface area (Å²) in [7, 11) is 0. The molecule has 0 aliphatic rings. The molecule has 4 rings (SSSR count). The van der Waals surface area contributed by atoms with E-state index in [1.54, 1.807) is 23.6 Å². The molecule has 1 N–H and O–H groups in total. The molecule has 0 radical (unpaired) electrons. The van der Waals surface area contributed by atoms with Crippen molar-refractivity contribution in [2.75, 3.05) is 5.32 Å². The van der Waals surface area contributed by atoms with Gasteiger partial charge in [0.1, 0.15) is 0 Å². The van der Waals surface area contributed by atoms with Gasteiger partial charge in [0.05, 0.1) is 17.1 Å². The molecular formula is C24H20ClN3OS. The van der Waals surface area contributed by atoms with Gasteiger partial charge in [-0.2, -0.15) is 0 Å². The quantitative estimate of drug-likeness (QED) is 0.409. The maximum absolute atomic E-state index is 12.5. The molecule has 0 aliphatic carbocycles. The van der Waals surface area contributed by atoms with Crippen molar-refractivity contribution in [1.82, 2.24) is 9.97 Å². The van der Waals surface area contributed by atoms with E-state index in [1.807, 2.05) is 54.7 Å². The first-order valence-electron chi connectivity index (χ1n) is 9.56. The van der Waals surface area contributed by atoms with Crippen LogP contribution in [0, 0.1) is 6.92 Å². The number of anilines is 1. The van der Waals surface area contributed by atoms with Gasteiger partial charge in [-0.05, 0) is 53.9 Å². The average Bonchev–Trinajstić information content (AvgIpc) is 3.21. The fourth-order valence-corrected chi connectivity index (χ4v) is 4.19. The molecule has 4 aromatic rings. The van der Waals surface area contributed by atoms with E-state index in [1.165, 1.54) is 0 Å². The Kier molecular flexibility index (Phi) is 6.21. The lowest BCUT2D eigenvalue weighted by Gasteiger charge is -2.10. The Hall–Kier alpha value is -3.02. The van der Waals surface area contributed by atoms with E-state index >= 15 is 0 Å². The average molecular weight is 434 g/mol. The Balaban J connectivity index is 1.46. The molecule has 4 nitrogen and oxygen atoms in total. The van der Waals surface area contributed by atoms with Crippen molar-refractivity contribution in [2.45, 2.75) is 19.8 Å². The fraction of sp³-hybridized carbons (Fsp3) is 0.125. The molecule has 150 valence electrons. The normalized spacial score (nSPS) is 10.7. The van der Waals surface area contributed by atoms with E-state index in [-0.39, 0.29) is 12.3 Å². The van der Waals surface area contributed by atoms with E-state index < -0.39 is 0 Å². The highest BCUT2D eigenvalue weighted by atomic mass is 35.5. The number of amides is 1. The summed E-state index contributed by atoms with van der Waals surface area (Å²) in [5, 5.41) is 6.66. The molecular weight excluding hydrogens is 414 g/mol. The van der Waals surface area contributed by atoms with Crippen LogP contribution >= 0.6 is 22.9 Å². The second kappa shape index (κ2) is 9.20. The van der Waals surface area contributed by atoms with Crippen molar-refractivity contribution in [3.63, 3.8) is 0 Å². The number of carbonyl (C=O) groups is 1. The molecule has 0 aliphatic heterocycles. The van der Waals surface area contributed by atoms with Crippen molar-refractivity contribution >= 4 is 34.5 Å². The van der Waals surface area contributed by atoms with Gasteiger partial charge in [0.15, 0.2) is 0 Å². The van der Waals surface area contributed by atoms with Crippen LogP contribution < -0.4 is 5.32 Å². The summed E-state index contributed by atoms with van der Waals surface area (Å²) in [6, 6.07) is 17.3. The van der Waals surface area contributed by atoms with Crippen LogP contribution in [0.15, 0.2) is 72.4 Å². The summed E-state index contributed by atoms with van der Waals surface area (Å²) in [6.45, 7) is 2.07. The van der Waals surface area contributed by atoms with Crippen LogP contribution in [-0.2, 0) is 17.6 Å². The molecule has 1 amide bonds. The van der Waals surface area contributed by atoms with Gasteiger partial charge in [0, 0.05) is 40.5 Å². The van der Waals surface area contributed by atoms with Crippen molar-refractivity contribution in [1.29, 1.82) is 0 Å². The monoisotopic (exact) mass is 433 g/mol. The van der Waals surface area contributed by atoms with Gasteiger partial charge in [0.2, 0.25) is 5.91 Å². The topological polar surface area (TPSA) is 54.9 Å². The number of nitrogens with one attached hydrogen (secondary N) is 1. The first kappa shape index (κ1) is 20.3. The highest BCUT2D eigenvalue weighted by molar-refractivity contribution is 7.10. The first-order chi connectivity index (χ1) is 14.6. The van der Waals surface area contributed by atoms with Gasteiger partial charge in [-0.25, -0.2) is 4.98 Å². The third kappa shape index (κ3) is 4.93. The molecule has 2 aromatic carbocycles. The van der Waals surface area contributed by atoms with Crippen molar-refractivity contribution < 1.29 is 4.79 Å². The van der Waals surface area contributed by atoms with E-state index in [4.69, 9.17) is 16.6 Å². The second-order valence-electron chi connectivity index (χ2n) is 7.00. The zero-order valence-electron chi connectivity index (χ0n) is 16.4. The van der Waals surface area contributed by atoms with Crippen molar-refractivity contribution in [3.8, 4) is 11.3 Å². The standard InChI is InChI=1S/C24H20ClN3OS/c1-16-8-9-20(27-23(29)12-17-5-2-3-7-21(17)25)11-19(16)13-24-28-22(15-30-24)18-6-4-10-26-14-18/h2-11,14-15H,12-13H2,1H3,(H,27,29). The molecule has 0 unspecified atom stereocenters. The summed E-state index contributed by atoms with van der Waals surface area (Å²) >= 11 is 7.79. The molecule has 30 heavy (non-hydrogen) atoms. The maximum atomic E-state index is 12.5. The van der Waals surface area contributed by atoms with Gasteiger partial charge in [0.25, 0.3) is 0 Å². The number of aryl methyl sites for hydroxylation is 1. The molecule has 2 aromatic heterocycles. The molecule has 0 saturated heterocycles. The van der Waals surface area contributed by atoms with Crippen LogP contribution in [0.5, 0.6) is 0 Å². The van der Waals surface area contributed by atoms with Gasteiger partial charge in [-0.1, -0.05) is 35.9 Å². The number of thiazole rings is 1. The van der Waals surface area contributed by atoms with E-state index in [2.05, 4.69) is 22.6 Å². The number of hydrogen-bond acceptors (Lipinski definition) is 4. The summed E-state index contributed by atoms with van der Waals surface area (Å²) in [5.74, 6) is -0.0917.